The molecule has 158 valence electrons. The lowest BCUT2D eigenvalue weighted by molar-refractivity contribution is 0.281. The first-order valence-corrected chi connectivity index (χ1v) is 14.0. The zero-order valence-electron chi connectivity index (χ0n) is 18.5. The van der Waals surface area contributed by atoms with Crippen LogP contribution in [0.5, 0.6) is 0 Å². The molecule has 2 heteroatoms. The first-order valence-electron chi connectivity index (χ1n) is 11.5. The van der Waals surface area contributed by atoms with Crippen LogP contribution in [0.3, 0.4) is 0 Å². The fourth-order valence-corrected chi connectivity index (χ4v) is 6.05. The van der Waals surface area contributed by atoms with Crippen molar-refractivity contribution < 1.29 is 0 Å². The monoisotopic (exact) mass is 426 g/mol. The van der Waals surface area contributed by atoms with Gasteiger partial charge in [0.05, 0.1) is 0 Å². The van der Waals surface area contributed by atoms with Crippen LogP contribution in [0.15, 0.2) is 58.3 Å². The molecule has 0 bridgehead atoms. The van der Waals surface area contributed by atoms with E-state index in [1.807, 2.05) is 23.5 Å². The molecule has 1 aliphatic carbocycles. The molecule has 0 saturated heterocycles. The number of thioether (sulfide) groups is 2. The zero-order chi connectivity index (χ0) is 20.5. The summed E-state index contributed by atoms with van der Waals surface area (Å²) in [6.07, 6.45) is 16.7. The molecular weight excluding hydrogens is 388 g/mol. The van der Waals surface area contributed by atoms with E-state index in [0.29, 0.717) is 11.8 Å². The maximum absolute atomic E-state index is 2.43. The predicted molar refractivity (Wildman–Crippen MR) is 133 cm³/mol. The van der Waals surface area contributed by atoms with Crippen LogP contribution in [0.2, 0.25) is 0 Å². The molecule has 0 heterocycles. The quantitative estimate of drug-likeness (QED) is 0.422. The van der Waals surface area contributed by atoms with Gasteiger partial charge in [-0.1, -0.05) is 69.7 Å². The maximum atomic E-state index is 2.43. The van der Waals surface area contributed by atoms with Gasteiger partial charge >= 0.3 is 0 Å². The van der Waals surface area contributed by atoms with Crippen LogP contribution in [0.25, 0.3) is 0 Å². The molecular formula is C27H38S2. The second-order valence-corrected chi connectivity index (χ2v) is 10.3. The zero-order valence-corrected chi connectivity index (χ0v) is 20.2. The number of hydrogen-bond donors (Lipinski definition) is 0. The smallest absolute Gasteiger partial charge is 0.00693 e. The molecule has 1 saturated carbocycles. The highest BCUT2D eigenvalue weighted by Gasteiger charge is 2.31. The van der Waals surface area contributed by atoms with Gasteiger partial charge in [-0.25, -0.2) is 0 Å². The van der Waals surface area contributed by atoms with Gasteiger partial charge in [0.1, 0.15) is 0 Å². The molecule has 0 aliphatic heterocycles. The first kappa shape index (κ1) is 22.8. The highest BCUT2D eigenvalue weighted by molar-refractivity contribution is 7.98. The van der Waals surface area contributed by atoms with Crippen molar-refractivity contribution in [3.63, 3.8) is 0 Å². The van der Waals surface area contributed by atoms with Gasteiger partial charge in [0.2, 0.25) is 0 Å². The molecule has 0 spiro atoms. The third-order valence-corrected chi connectivity index (χ3v) is 8.26. The third-order valence-electron chi connectivity index (χ3n) is 6.77. The highest BCUT2D eigenvalue weighted by Crippen LogP contribution is 2.45. The van der Waals surface area contributed by atoms with Gasteiger partial charge in [0.15, 0.2) is 0 Å². The fraction of sp³-hybridized carbons (Fsp3) is 0.556. The highest BCUT2D eigenvalue weighted by atomic mass is 32.2. The summed E-state index contributed by atoms with van der Waals surface area (Å²) in [5.41, 5.74) is 3.15. The molecule has 29 heavy (non-hydrogen) atoms. The average Bonchev–Trinajstić information content (AvgIpc) is 2.78. The number of benzene rings is 2. The molecule has 1 aliphatic rings. The van der Waals surface area contributed by atoms with Crippen LogP contribution in [0, 0.1) is 5.92 Å². The van der Waals surface area contributed by atoms with Gasteiger partial charge in [0.25, 0.3) is 0 Å². The maximum Gasteiger partial charge on any atom is 0.00693 e. The Kier molecular flexibility index (Phi) is 9.52. The molecule has 2 aromatic rings. The number of hydrogen-bond acceptors (Lipinski definition) is 2. The Morgan fingerprint density at radius 2 is 1.07 bits per heavy atom. The van der Waals surface area contributed by atoms with Gasteiger partial charge in [-0.3, -0.25) is 0 Å². The largest absolute Gasteiger partial charge is 0.130 e. The van der Waals surface area contributed by atoms with E-state index in [1.54, 1.807) is 11.1 Å². The Balaban J connectivity index is 1.96. The summed E-state index contributed by atoms with van der Waals surface area (Å²) in [5.74, 6) is 2.13. The molecule has 2 aromatic carbocycles. The van der Waals surface area contributed by atoms with Crippen LogP contribution >= 0.6 is 23.5 Å². The lowest BCUT2D eigenvalue weighted by Crippen LogP contribution is -2.22. The number of rotatable bonds is 6. The molecule has 2 atom stereocenters. The van der Waals surface area contributed by atoms with Gasteiger partial charge in [-0.2, -0.15) is 0 Å². The van der Waals surface area contributed by atoms with Crippen LogP contribution in [-0.2, 0) is 0 Å². The molecule has 2 unspecified atom stereocenters. The second-order valence-electron chi connectivity index (χ2n) is 8.56. The minimum Gasteiger partial charge on any atom is -0.130 e. The summed E-state index contributed by atoms with van der Waals surface area (Å²) in [6, 6.07) is 19.1. The Bertz CT molecular complexity index is 645. The lowest BCUT2D eigenvalue weighted by Gasteiger charge is -2.36. The van der Waals surface area contributed by atoms with Crippen LogP contribution in [0.1, 0.15) is 87.7 Å². The van der Waals surface area contributed by atoms with Crippen molar-refractivity contribution in [2.75, 3.05) is 12.5 Å². The summed E-state index contributed by atoms with van der Waals surface area (Å²) >= 11 is 3.70. The van der Waals surface area contributed by atoms with Gasteiger partial charge in [-0.05, 0) is 84.9 Å². The van der Waals surface area contributed by atoms with Crippen molar-refractivity contribution in [2.45, 2.75) is 86.3 Å². The standard InChI is InChI=1S/C27H38S2/c1-4-10-27-25(21-13-17-23(28-2)18-14-21)11-8-6-5-7-9-12-26(27)22-15-19-24(29-3)20-16-22/h13-20,25-27H,4-12H2,1-3H3. The summed E-state index contributed by atoms with van der Waals surface area (Å²) < 4.78 is 0. The fourth-order valence-electron chi connectivity index (χ4n) is 5.23. The van der Waals surface area contributed by atoms with Crippen molar-refractivity contribution >= 4 is 23.5 Å². The summed E-state index contributed by atoms with van der Waals surface area (Å²) in [5, 5.41) is 0. The van der Waals surface area contributed by atoms with Crippen LogP contribution < -0.4 is 0 Å². The second kappa shape index (κ2) is 12.1. The Morgan fingerprint density at radius 1 is 0.655 bits per heavy atom. The lowest BCUT2D eigenvalue weighted by atomic mass is 9.69. The molecule has 0 nitrogen and oxygen atoms in total. The predicted octanol–water partition coefficient (Wildman–Crippen LogP) is 9.16. The molecule has 0 radical (unpaired) electrons. The Hall–Kier alpha value is -0.860. The van der Waals surface area contributed by atoms with E-state index in [4.69, 9.17) is 0 Å². The topological polar surface area (TPSA) is 0 Å². The van der Waals surface area contributed by atoms with E-state index in [-0.39, 0.29) is 0 Å². The third kappa shape index (κ3) is 6.31. The first-order chi connectivity index (χ1) is 14.3. The van der Waals surface area contributed by atoms with Crippen molar-refractivity contribution in [2.24, 2.45) is 5.92 Å². The van der Waals surface area contributed by atoms with Crippen LogP contribution in [0.4, 0.5) is 0 Å². The van der Waals surface area contributed by atoms with Gasteiger partial charge in [0, 0.05) is 9.79 Å². The molecule has 1 fully saturated rings. The Labute approximate surface area is 187 Å². The van der Waals surface area contributed by atoms with Crippen LogP contribution in [-0.4, -0.2) is 12.5 Å². The van der Waals surface area contributed by atoms with Crippen molar-refractivity contribution in [3.05, 3.63) is 59.7 Å². The minimum atomic E-state index is 0.689. The molecule has 0 amide bonds. The van der Waals surface area contributed by atoms with Crippen molar-refractivity contribution in [3.8, 4) is 0 Å². The van der Waals surface area contributed by atoms with E-state index in [0.717, 1.165) is 5.92 Å². The van der Waals surface area contributed by atoms with E-state index < -0.39 is 0 Å². The SMILES string of the molecule is CCCC1C(c2ccc(SC)cc2)CCCCCCCC1c1ccc(SC)cc1. The minimum absolute atomic E-state index is 0.689. The van der Waals surface area contributed by atoms with Gasteiger partial charge < -0.3 is 0 Å². The van der Waals surface area contributed by atoms with E-state index in [2.05, 4.69) is 68.0 Å². The van der Waals surface area contributed by atoms with E-state index in [1.165, 1.54) is 67.6 Å². The summed E-state index contributed by atoms with van der Waals surface area (Å²) in [6.45, 7) is 2.38. The molecule has 3 rings (SSSR count). The van der Waals surface area contributed by atoms with Crippen molar-refractivity contribution in [1.29, 1.82) is 0 Å². The molecule has 0 N–H and O–H groups in total. The summed E-state index contributed by atoms with van der Waals surface area (Å²) in [4.78, 5) is 2.76. The van der Waals surface area contributed by atoms with Gasteiger partial charge in [-0.15, -0.1) is 23.5 Å². The van der Waals surface area contributed by atoms with E-state index in [9.17, 15) is 0 Å². The normalized spacial score (nSPS) is 23.6. The van der Waals surface area contributed by atoms with Crippen molar-refractivity contribution in [1.82, 2.24) is 0 Å². The average molecular weight is 427 g/mol. The van der Waals surface area contributed by atoms with E-state index >= 15 is 0 Å². The summed E-state index contributed by atoms with van der Waals surface area (Å²) in [7, 11) is 0. The Morgan fingerprint density at radius 3 is 1.45 bits per heavy atom. The molecule has 0 aromatic heterocycles.